The van der Waals surface area contributed by atoms with E-state index in [2.05, 4.69) is 41.2 Å². The molecule has 2 aromatic rings. The Morgan fingerprint density at radius 1 is 1.06 bits per heavy atom. The van der Waals surface area contributed by atoms with Gasteiger partial charge in [-0.25, -0.2) is 19.9 Å². The van der Waals surface area contributed by atoms with Crippen LogP contribution in [0.25, 0.3) is 11.6 Å². The summed E-state index contributed by atoms with van der Waals surface area (Å²) in [5, 5.41) is 2.96. The molecular weight excluding hydrogens is 270 g/mol. The topological polar surface area (TPSA) is 63.6 Å². The van der Waals surface area contributed by atoms with E-state index in [0.717, 1.165) is 10.0 Å². The third-order valence-electron chi connectivity index (χ3n) is 1.96. The zero-order valence-electron chi connectivity index (χ0n) is 8.90. The summed E-state index contributed by atoms with van der Waals surface area (Å²) in [6.45, 7) is 1.94. The predicted octanol–water partition coefficient (Wildman–Crippen LogP) is 2.05. The van der Waals surface area contributed by atoms with Crippen molar-refractivity contribution in [3.8, 4) is 11.6 Å². The standard InChI is InChI=1S/C10H10BrN5/c1-6-3-13-9(14-4-6)10-15-5-7(11)8(12-2)16-10/h3-5H,1-2H3,(H,12,15,16). The average Bonchev–Trinajstić information content (AvgIpc) is 2.31. The van der Waals surface area contributed by atoms with Crippen molar-refractivity contribution < 1.29 is 0 Å². The Balaban J connectivity index is 2.44. The molecule has 0 atom stereocenters. The third-order valence-corrected chi connectivity index (χ3v) is 2.54. The van der Waals surface area contributed by atoms with Crippen LogP contribution in [0.1, 0.15) is 5.56 Å². The molecule has 0 saturated carbocycles. The monoisotopic (exact) mass is 279 g/mol. The van der Waals surface area contributed by atoms with Crippen molar-refractivity contribution in [3.63, 3.8) is 0 Å². The number of nitrogens with zero attached hydrogens (tertiary/aromatic N) is 4. The number of rotatable bonds is 2. The van der Waals surface area contributed by atoms with Crippen molar-refractivity contribution in [2.75, 3.05) is 12.4 Å². The minimum Gasteiger partial charge on any atom is -0.372 e. The molecule has 6 heteroatoms. The van der Waals surface area contributed by atoms with Crippen LogP contribution < -0.4 is 5.32 Å². The molecule has 0 unspecified atom stereocenters. The van der Waals surface area contributed by atoms with Crippen LogP contribution in [0.5, 0.6) is 0 Å². The van der Waals surface area contributed by atoms with E-state index >= 15 is 0 Å². The number of anilines is 1. The molecule has 2 heterocycles. The molecule has 0 bridgehead atoms. The van der Waals surface area contributed by atoms with Crippen LogP contribution in [0.2, 0.25) is 0 Å². The first-order valence-corrected chi connectivity index (χ1v) is 5.49. The van der Waals surface area contributed by atoms with Gasteiger partial charge in [-0.15, -0.1) is 0 Å². The minimum absolute atomic E-state index is 0.507. The highest BCUT2D eigenvalue weighted by Crippen LogP contribution is 2.20. The lowest BCUT2D eigenvalue weighted by Gasteiger charge is -2.04. The summed E-state index contributed by atoms with van der Waals surface area (Å²) in [7, 11) is 1.80. The first-order chi connectivity index (χ1) is 7.70. The zero-order valence-corrected chi connectivity index (χ0v) is 10.5. The van der Waals surface area contributed by atoms with Gasteiger partial charge in [0.1, 0.15) is 5.82 Å². The molecule has 2 aromatic heterocycles. The molecule has 0 radical (unpaired) electrons. The van der Waals surface area contributed by atoms with Crippen molar-refractivity contribution >= 4 is 21.7 Å². The fraction of sp³-hybridized carbons (Fsp3) is 0.200. The van der Waals surface area contributed by atoms with E-state index in [1.807, 2.05) is 6.92 Å². The smallest absolute Gasteiger partial charge is 0.199 e. The number of hydrogen-bond donors (Lipinski definition) is 1. The maximum atomic E-state index is 4.30. The number of aromatic nitrogens is 4. The first-order valence-electron chi connectivity index (χ1n) is 4.70. The highest BCUT2D eigenvalue weighted by atomic mass is 79.9. The Labute approximate surface area is 102 Å². The lowest BCUT2D eigenvalue weighted by atomic mass is 10.4. The van der Waals surface area contributed by atoms with Crippen LogP contribution >= 0.6 is 15.9 Å². The highest BCUT2D eigenvalue weighted by molar-refractivity contribution is 9.10. The van der Waals surface area contributed by atoms with E-state index in [-0.39, 0.29) is 0 Å². The van der Waals surface area contributed by atoms with Gasteiger partial charge in [-0.1, -0.05) is 0 Å². The molecule has 0 aliphatic carbocycles. The molecule has 0 aliphatic rings. The summed E-state index contributed by atoms with van der Waals surface area (Å²) < 4.78 is 0.811. The molecule has 0 amide bonds. The zero-order chi connectivity index (χ0) is 11.5. The molecule has 0 aromatic carbocycles. The van der Waals surface area contributed by atoms with Gasteiger partial charge in [0, 0.05) is 25.6 Å². The highest BCUT2D eigenvalue weighted by Gasteiger charge is 2.07. The van der Waals surface area contributed by atoms with Crippen LogP contribution in [0.15, 0.2) is 23.1 Å². The second-order valence-electron chi connectivity index (χ2n) is 3.22. The van der Waals surface area contributed by atoms with Crippen molar-refractivity contribution in [2.24, 2.45) is 0 Å². The summed E-state index contributed by atoms with van der Waals surface area (Å²) in [6.07, 6.45) is 5.16. The molecule has 2 rings (SSSR count). The quantitative estimate of drug-likeness (QED) is 0.912. The molecule has 16 heavy (non-hydrogen) atoms. The molecule has 0 fully saturated rings. The second kappa shape index (κ2) is 4.52. The summed E-state index contributed by atoms with van der Waals surface area (Å²) in [5.41, 5.74) is 1.01. The molecule has 0 spiro atoms. The van der Waals surface area contributed by atoms with Gasteiger partial charge in [-0.2, -0.15) is 0 Å². The van der Waals surface area contributed by atoms with Gasteiger partial charge in [0.25, 0.3) is 0 Å². The lowest BCUT2D eigenvalue weighted by Crippen LogP contribution is -2.00. The molecule has 0 aliphatic heterocycles. The van der Waals surface area contributed by atoms with Crippen molar-refractivity contribution in [3.05, 3.63) is 28.6 Å². The minimum atomic E-state index is 0.507. The Morgan fingerprint density at radius 2 is 1.69 bits per heavy atom. The largest absolute Gasteiger partial charge is 0.372 e. The summed E-state index contributed by atoms with van der Waals surface area (Å²) >= 11 is 3.35. The van der Waals surface area contributed by atoms with Crippen LogP contribution in [-0.2, 0) is 0 Å². The molecule has 0 saturated heterocycles. The summed E-state index contributed by atoms with van der Waals surface area (Å²) in [4.78, 5) is 16.8. The molecule has 82 valence electrons. The van der Waals surface area contributed by atoms with Crippen LogP contribution in [0, 0.1) is 6.92 Å². The van der Waals surface area contributed by atoms with Gasteiger partial charge in [-0.3, -0.25) is 0 Å². The summed E-state index contributed by atoms with van der Waals surface area (Å²) in [6, 6.07) is 0. The van der Waals surface area contributed by atoms with Gasteiger partial charge in [0.05, 0.1) is 4.47 Å². The second-order valence-corrected chi connectivity index (χ2v) is 4.08. The Bertz CT molecular complexity index is 497. The Morgan fingerprint density at radius 3 is 2.31 bits per heavy atom. The fourth-order valence-electron chi connectivity index (χ4n) is 1.16. The van der Waals surface area contributed by atoms with Crippen LogP contribution in [0.4, 0.5) is 5.82 Å². The maximum Gasteiger partial charge on any atom is 0.199 e. The first kappa shape index (κ1) is 10.9. The molecule has 5 nitrogen and oxygen atoms in total. The van der Waals surface area contributed by atoms with Gasteiger partial charge in [0.15, 0.2) is 11.6 Å². The Hall–Kier alpha value is -1.56. The van der Waals surface area contributed by atoms with E-state index in [9.17, 15) is 0 Å². The van der Waals surface area contributed by atoms with Crippen molar-refractivity contribution in [1.29, 1.82) is 0 Å². The fourth-order valence-corrected chi connectivity index (χ4v) is 1.55. The van der Waals surface area contributed by atoms with Crippen LogP contribution in [-0.4, -0.2) is 27.0 Å². The number of aryl methyl sites for hydroxylation is 1. The van der Waals surface area contributed by atoms with Gasteiger partial charge >= 0.3 is 0 Å². The van der Waals surface area contributed by atoms with Gasteiger partial charge in [-0.05, 0) is 28.4 Å². The maximum absolute atomic E-state index is 4.30. The van der Waals surface area contributed by atoms with Gasteiger partial charge in [0.2, 0.25) is 0 Å². The number of halogens is 1. The van der Waals surface area contributed by atoms with Gasteiger partial charge < -0.3 is 5.32 Å². The van der Waals surface area contributed by atoms with E-state index in [4.69, 9.17) is 0 Å². The summed E-state index contributed by atoms with van der Waals surface area (Å²) in [5.74, 6) is 1.75. The number of hydrogen-bond acceptors (Lipinski definition) is 5. The van der Waals surface area contributed by atoms with E-state index in [1.54, 1.807) is 25.6 Å². The SMILES string of the molecule is CNc1nc(-c2ncc(C)cn2)ncc1Br. The van der Waals surface area contributed by atoms with E-state index in [0.29, 0.717) is 17.5 Å². The predicted molar refractivity (Wildman–Crippen MR) is 65.0 cm³/mol. The average molecular weight is 280 g/mol. The van der Waals surface area contributed by atoms with E-state index < -0.39 is 0 Å². The molecule has 1 N–H and O–H groups in total. The van der Waals surface area contributed by atoms with Crippen molar-refractivity contribution in [1.82, 2.24) is 19.9 Å². The number of nitrogens with one attached hydrogen (secondary N) is 1. The van der Waals surface area contributed by atoms with E-state index in [1.165, 1.54) is 0 Å². The van der Waals surface area contributed by atoms with Crippen molar-refractivity contribution in [2.45, 2.75) is 6.92 Å². The molecular formula is C10H10BrN5. The normalized spacial score (nSPS) is 10.2. The Kier molecular flexibility index (Phi) is 3.09. The lowest BCUT2D eigenvalue weighted by molar-refractivity contribution is 1.06. The third kappa shape index (κ3) is 2.16. The van der Waals surface area contributed by atoms with Crippen LogP contribution in [0.3, 0.4) is 0 Å².